The Hall–Kier alpha value is -1.45. The van der Waals surface area contributed by atoms with Crippen molar-refractivity contribution in [1.29, 1.82) is 0 Å². The Morgan fingerprint density at radius 2 is 1.84 bits per heavy atom. The number of halogens is 1. The van der Waals surface area contributed by atoms with E-state index in [1.54, 1.807) is 0 Å². The molecular weight excluding hydrogens is 258 g/mol. The van der Waals surface area contributed by atoms with Crippen molar-refractivity contribution in [2.24, 2.45) is 0 Å². The van der Waals surface area contributed by atoms with Gasteiger partial charge in [-0.2, -0.15) is 10.2 Å². The third kappa shape index (κ3) is 3.31. The molecule has 0 bridgehead atoms. The molecule has 0 spiro atoms. The molecule has 1 heterocycles. The van der Waals surface area contributed by atoms with Gasteiger partial charge < -0.3 is 5.32 Å². The van der Waals surface area contributed by atoms with Crippen molar-refractivity contribution in [2.75, 3.05) is 6.54 Å². The Morgan fingerprint density at radius 3 is 2.47 bits per heavy atom. The Bertz CT molecular complexity index is 552. The molecule has 3 nitrogen and oxygen atoms in total. The van der Waals surface area contributed by atoms with E-state index in [4.69, 9.17) is 11.6 Å². The number of nitrogens with zero attached hydrogens (tertiary/aromatic N) is 2. The van der Waals surface area contributed by atoms with Gasteiger partial charge in [-0.1, -0.05) is 30.7 Å². The minimum atomic E-state index is 0.122. The van der Waals surface area contributed by atoms with E-state index >= 15 is 0 Å². The highest BCUT2D eigenvalue weighted by molar-refractivity contribution is 6.30. The minimum absolute atomic E-state index is 0.122. The maximum absolute atomic E-state index is 5.95. The van der Waals surface area contributed by atoms with Crippen LogP contribution in [0.25, 0.3) is 0 Å². The van der Waals surface area contributed by atoms with Gasteiger partial charge in [0.15, 0.2) is 0 Å². The third-order valence-corrected chi connectivity index (χ3v) is 3.31. The van der Waals surface area contributed by atoms with Gasteiger partial charge in [0, 0.05) is 5.02 Å². The number of rotatable bonds is 4. The number of aryl methyl sites for hydroxylation is 2. The predicted octanol–water partition coefficient (Wildman–Crippen LogP) is 3.45. The fourth-order valence-corrected chi connectivity index (χ4v) is 2.25. The van der Waals surface area contributed by atoms with Crippen molar-refractivity contribution in [3.63, 3.8) is 0 Å². The molecular formula is C15H18ClN3. The third-order valence-electron chi connectivity index (χ3n) is 3.06. The first-order valence-corrected chi connectivity index (χ1v) is 6.79. The zero-order valence-corrected chi connectivity index (χ0v) is 12.2. The standard InChI is InChI=1S/C15H18ClN3/c1-4-17-15(12-5-7-13(16)8-6-12)14-9-10(2)18-19-11(14)3/h5-9,15,17H,4H2,1-3H3. The average Bonchev–Trinajstić information content (AvgIpc) is 2.40. The molecule has 1 aromatic carbocycles. The molecule has 0 aliphatic carbocycles. The summed E-state index contributed by atoms with van der Waals surface area (Å²) in [6, 6.07) is 10.1. The molecule has 2 aromatic rings. The normalized spacial score (nSPS) is 12.4. The smallest absolute Gasteiger partial charge is 0.0651 e. The summed E-state index contributed by atoms with van der Waals surface area (Å²) < 4.78 is 0. The molecule has 1 N–H and O–H groups in total. The van der Waals surface area contributed by atoms with Gasteiger partial charge in [0.25, 0.3) is 0 Å². The highest BCUT2D eigenvalue weighted by Crippen LogP contribution is 2.25. The Morgan fingerprint density at radius 1 is 1.16 bits per heavy atom. The van der Waals surface area contributed by atoms with Crippen LogP contribution in [0.2, 0.25) is 5.02 Å². The lowest BCUT2D eigenvalue weighted by atomic mass is 9.97. The number of hydrogen-bond acceptors (Lipinski definition) is 3. The zero-order chi connectivity index (χ0) is 13.8. The van der Waals surface area contributed by atoms with Crippen LogP contribution in [0, 0.1) is 13.8 Å². The average molecular weight is 276 g/mol. The number of hydrogen-bond donors (Lipinski definition) is 1. The summed E-state index contributed by atoms with van der Waals surface area (Å²) in [4.78, 5) is 0. The van der Waals surface area contributed by atoms with Crippen LogP contribution < -0.4 is 5.32 Å². The van der Waals surface area contributed by atoms with Crippen LogP contribution in [-0.2, 0) is 0 Å². The van der Waals surface area contributed by atoms with Gasteiger partial charge in [-0.05, 0) is 49.7 Å². The SMILES string of the molecule is CCNC(c1ccc(Cl)cc1)c1cc(C)nnc1C. The summed E-state index contributed by atoms with van der Waals surface area (Å²) in [6.07, 6.45) is 0. The maximum atomic E-state index is 5.95. The quantitative estimate of drug-likeness (QED) is 0.929. The van der Waals surface area contributed by atoms with E-state index in [1.807, 2.05) is 38.1 Å². The van der Waals surface area contributed by atoms with Crippen LogP contribution in [0.5, 0.6) is 0 Å². The van der Waals surface area contributed by atoms with Gasteiger partial charge in [0.05, 0.1) is 17.4 Å². The Kier molecular flexibility index (Phi) is 4.51. The molecule has 19 heavy (non-hydrogen) atoms. The first-order valence-electron chi connectivity index (χ1n) is 6.41. The van der Waals surface area contributed by atoms with Crippen LogP contribution in [0.15, 0.2) is 30.3 Å². The van der Waals surface area contributed by atoms with Gasteiger partial charge in [0.1, 0.15) is 0 Å². The summed E-state index contributed by atoms with van der Waals surface area (Å²) in [7, 11) is 0. The first-order chi connectivity index (χ1) is 9.11. The molecule has 0 saturated carbocycles. The molecule has 0 radical (unpaired) electrons. The fraction of sp³-hybridized carbons (Fsp3) is 0.333. The van der Waals surface area contributed by atoms with Crippen LogP contribution >= 0.6 is 11.6 Å². The molecule has 1 atom stereocenters. The van der Waals surface area contributed by atoms with E-state index in [2.05, 4.69) is 28.5 Å². The van der Waals surface area contributed by atoms with Gasteiger partial charge in [-0.25, -0.2) is 0 Å². The van der Waals surface area contributed by atoms with Crippen molar-refractivity contribution in [3.8, 4) is 0 Å². The van der Waals surface area contributed by atoms with E-state index in [9.17, 15) is 0 Å². The molecule has 0 saturated heterocycles. The molecule has 4 heteroatoms. The Labute approximate surface area is 119 Å². The van der Waals surface area contributed by atoms with Gasteiger partial charge in [-0.15, -0.1) is 0 Å². The van der Waals surface area contributed by atoms with Crippen LogP contribution in [0.1, 0.15) is 35.5 Å². The number of benzene rings is 1. The lowest BCUT2D eigenvalue weighted by molar-refractivity contribution is 0.620. The second-order valence-corrected chi connectivity index (χ2v) is 5.01. The van der Waals surface area contributed by atoms with Crippen LogP contribution in [0.3, 0.4) is 0 Å². The second kappa shape index (κ2) is 6.13. The number of aromatic nitrogens is 2. The van der Waals surface area contributed by atoms with Crippen molar-refractivity contribution >= 4 is 11.6 Å². The van der Waals surface area contributed by atoms with E-state index in [1.165, 1.54) is 5.56 Å². The highest BCUT2D eigenvalue weighted by atomic mass is 35.5. The summed E-state index contributed by atoms with van der Waals surface area (Å²) in [5, 5.41) is 12.5. The molecule has 0 fully saturated rings. The Balaban J connectivity index is 2.44. The molecule has 0 aliphatic rings. The summed E-state index contributed by atoms with van der Waals surface area (Å²) in [5.74, 6) is 0. The highest BCUT2D eigenvalue weighted by Gasteiger charge is 2.16. The lowest BCUT2D eigenvalue weighted by Crippen LogP contribution is -2.23. The molecule has 0 aliphatic heterocycles. The molecule has 2 rings (SSSR count). The topological polar surface area (TPSA) is 37.8 Å². The largest absolute Gasteiger partial charge is 0.306 e. The van der Waals surface area contributed by atoms with E-state index in [-0.39, 0.29) is 6.04 Å². The molecule has 1 unspecified atom stereocenters. The summed E-state index contributed by atoms with van der Waals surface area (Å²) >= 11 is 5.95. The van der Waals surface area contributed by atoms with Crippen molar-refractivity contribution < 1.29 is 0 Å². The molecule has 100 valence electrons. The van der Waals surface area contributed by atoms with Gasteiger partial charge in [-0.3, -0.25) is 0 Å². The van der Waals surface area contributed by atoms with Crippen LogP contribution in [-0.4, -0.2) is 16.7 Å². The molecule has 1 aromatic heterocycles. The maximum Gasteiger partial charge on any atom is 0.0651 e. The van der Waals surface area contributed by atoms with Crippen molar-refractivity contribution in [3.05, 3.63) is 57.9 Å². The minimum Gasteiger partial charge on any atom is -0.306 e. The second-order valence-electron chi connectivity index (χ2n) is 4.57. The number of nitrogens with one attached hydrogen (secondary N) is 1. The lowest BCUT2D eigenvalue weighted by Gasteiger charge is -2.20. The zero-order valence-electron chi connectivity index (χ0n) is 11.4. The van der Waals surface area contributed by atoms with Gasteiger partial charge in [0.2, 0.25) is 0 Å². The summed E-state index contributed by atoms with van der Waals surface area (Å²) in [6.45, 7) is 6.93. The van der Waals surface area contributed by atoms with E-state index in [0.717, 1.165) is 28.5 Å². The van der Waals surface area contributed by atoms with E-state index < -0.39 is 0 Å². The summed E-state index contributed by atoms with van der Waals surface area (Å²) in [5.41, 5.74) is 4.22. The molecule has 0 amide bonds. The fourth-order valence-electron chi connectivity index (χ4n) is 2.13. The van der Waals surface area contributed by atoms with Crippen molar-refractivity contribution in [1.82, 2.24) is 15.5 Å². The van der Waals surface area contributed by atoms with Crippen molar-refractivity contribution in [2.45, 2.75) is 26.8 Å². The van der Waals surface area contributed by atoms with Crippen LogP contribution in [0.4, 0.5) is 0 Å². The van der Waals surface area contributed by atoms with E-state index in [0.29, 0.717) is 0 Å². The van der Waals surface area contributed by atoms with Gasteiger partial charge >= 0.3 is 0 Å². The first kappa shape index (κ1) is 14.0. The monoisotopic (exact) mass is 275 g/mol. The predicted molar refractivity (Wildman–Crippen MR) is 78.5 cm³/mol.